The van der Waals surface area contributed by atoms with Crippen molar-refractivity contribution in [3.63, 3.8) is 0 Å². The lowest BCUT2D eigenvalue weighted by atomic mass is 10.1. The minimum absolute atomic E-state index is 0.191. The van der Waals surface area contributed by atoms with Gasteiger partial charge in [-0.15, -0.1) is 0 Å². The number of hydrogen-bond acceptors (Lipinski definition) is 6. The van der Waals surface area contributed by atoms with Gasteiger partial charge in [0.25, 0.3) is 0 Å². The fourth-order valence-corrected chi connectivity index (χ4v) is 2.17. The maximum Gasteiger partial charge on any atom is 0.239 e. The van der Waals surface area contributed by atoms with Crippen LogP contribution in [0.5, 0.6) is 0 Å². The van der Waals surface area contributed by atoms with E-state index in [1.165, 1.54) is 0 Å². The summed E-state index contributed by atoms with van der Waals surface area (Å²) in [5.74, 6) is 6.48. The molecule has 0 atom stereocenters. The minimum Gasteiger partial charge on any atom is -0.393 e. The summed E-state index contributed by atoms with van der Waals surface area (Å²) >= 11 is 3.41. The Balaban J connectivity index is 2.19. The van der Waals surface area contributed by atoms with Crippen molar-refractivity contribution < 1.29 is 5.11 Å². The Morgan fingerprint density at radius 3 is 2.81 bits per heavy atom. The van der Waals surface area contributed by atoms with Crippen LogP contribution in [0.15, 0.2) is 10.7 Å². The number of aliphatic hydroxyl groups is 1. The summed E-state index contributed by atoms with van der Waals surface area (Å²) in [5, 5.41) is 9.44. The molecular weight excluding hydrogens is 274 g/mol. The third-order valence-electron chi connectivity index (χ3n) is 2.62. The minimum atomic E-state index is -0.191. The zero-order valence-electron chi connectivity index (χ0n) is 8.73. The van der Waals surface area contributed by atoms with Gasteiger partial charge in [-0.05, 0) is 28.8 Å². The summed E-state index contributed by atoms with van der Waals surface area (Å²) in [6.07, 6.45) is 3.01. The second-order valence-electron chi connectivity index (χ2n) is 3.73. The van der Waals surface area contributed by atoms with Gasteiger partial charge in [0.1, 0.15) is 5.82 Å². The zero-order chi connectivity index (χ0) is 11.5. The molecule has 0 bridgehead atoms. The number of nitrogens with zero attached hydrogens (tertiary/aromatic N) is 3. The molecule has 16 heavy (non-hydrogen) atoms. The number of rotatable bonds is 2. The van der Waals surface area contributed by atoms with E-state index in [0.29, 0.717) is 5.95 Å². The normalized spacial score (nSPS) is 17.6. The highest BCUT2D eigenvalue weighted by atomic mass is 79.9. The van der Waals surface area contributed by atoms with Crippen molar-refractivity contribution in [3.8, 4) is 0 Å². The Labute approximate surface area is 102 Å². The van der Waals surface area contributed by atoms with Crippen molar-refractivity contribution in [2.75, 3.05) is 23.4 Å². The lowest BCUT2D eigenvalue weighted by Crippen LogP contribution is -2.36. The molecule has 0 radical (unpaired) electrons. The quantitative estimate of drug-likeness (QED) is 0.542. The van der Waals surface area contributed by atoms with Crippen molar-refractivity contribution >= 4 is 27.7 Å². The van der Waals surface area contributed by atoms with Crippen LogP contribution in [-0.4, -0.2) is 34.3 Å². The summed E-state index contributed by atoms with van der Waals surface area (Å²) in [6, 6.07) is 0. The molecule has 1 aromatic heterocycles. The molecule has 2 heterocycles. The Morgan fingerprint density at radius 1 is 1.50 bits per heavy atom. The van der Waals surface area contributed by atoms with Gasteiger partial charge in [-0.2, -0.15) is 4.98 Å². The van der Waals surface area contributed by atoms with Crippen molar-refractivity contribution in [1.82, 2.24) is 9.97 Å². The van der Waals surface area contributed by atoms with Crippen LogP contribution in [0.2, 0.25) is 0 Å². The van der Waals surface area contributed by atoms with Crippen molar-refractivity contribution in [3.05, 3.63) is 10.7 Å². The standard InChI is InChI=1S/C9H14BrN5O/c10-7-5-12-9(14-11)13-8(7)15-3-1-6(16)2-4-15/h5-6,16H,1-4,11H2,(H,12,13,14). The molecule has 6 nitrogen and oxygen atoms in total. The number of nitrogen functional groups attached to an aromatic ring is 1. The van der Waals surface area contributed by atoms with Gasteiger partial charge in [0, 0.05) is 19.3 Å². The predicted molar refractivity (Wildman–Crippen MR) is 65.0 cm³/mol. The van der Waals surface area contributed by atoms with Crippen LogP contribution >= 0.6 is 15.9 Å². The van der Waals surface area contributed by atoms with E-state index in [4.69, 9.17) is 5.84 Å². The molecule has 1 aliphatic heterocycles. The molecule has 0 aliphatic carbocycles. The zero-order valence-corrected chi connectivity index (χ0v) is 10.3. The first-order valence-electron chi connectivity index (χ1n) is 5.13. The van der Waals surface area contributed by atoms with E-state index < -0.39 is 0 Å². The maximum atomic E-state index is 9.44. The Kier molecular flexibility index (Phi) is 3.57. The summed E-state index contributed by atoms with van der Waals surface area (Å²) < 4.78 is 0.836. The molecule has 2 rings (SSSR count). The molecule has 1 aromatic rings. The van der Waals surface area contributed by atoms with Gasteiger partial charge in [-0.25, -0.2) is 10.8 Å². The van der Waals surface area contributed by atoms with Crippen molar-refractivity contribution in [2.45, 2.75) is 18.9 Å². The molecule has 1 fully saturated rings. The SMILES string of the molecule is NNc1ncc(Br)c(N2CCC(O)CC2)n1. The molecule has 4 N–H and O–H groups in total. The Bertz CT molecular complexity index is 367. The smallest absolute Gasteiger partial charge is 0.239 e. The fourth-order valence-electron chi connectivity index (χ4n) is 1.73. The molecular formula is C9H14BrN5O. The van der Waals surface area contributed by atoms with Crippen molar-refractivity contribution in [2.24, 2.45) is 5.84 Å². The van der Waals surface area contributed by atoms with E-state index in [0.717, 1.165) is 36.2 Å². The van der Waals surface area contributed by atoms with Gasteiger partial charge in [0.2, 0.25) is 5.95 Å². The van der Waals surface area contributed by atoms with Gasteiger partial charge in [-0.1, -0.05) is 0 Å². The molecule has 0 unspecified atom stereocenters. The van der Waals surface area contributed by atoms with Crippen LogP contribution < -0.4 is 16.2 Å². The molecule has 7 heteroatoms. The number of hydrogen-bond donors (Lipinski definition) is 3. The van der Waals surface area contributed by atoms with Gasteiger partial charge >= 0.3 is 0 Å². The van der Waals surface area contributed by atoms with Crippen LogP contribution in [-0.2, 0) is 0 Å². The molecule has 1 saturated heterocycles. The summed E-state index contributed by atoms with van der Waals surface area (Å²) in [6.45, 7) is 1.58. The van der Waals surface area contributed by atoms with Gasteiger partial charge in [-0.3, -0.25) is 5.43 Å². The number of nitrogens with one attached hydrogen (secondary N) is 1. The van der Waals surface area contributed by atoms with Gasteiger partial charge < -0.3 is 10.0 Å². The molecule has 0 amide bonds. The molecule has 0 aromatic carbocycles. The number of anilines is 2. The molecule has 0 spiro atoms. The third-order valence-corrected chi connectivity index (χ3v) is 3.18. The van der Waals surface area contributed by atoms with Gasteiger partial charge in [0.05, 0.1) is 10.6 Å². The monoisotopic (exact) mass is 287 g/mol. The van der Waals surface area contributed by atoms with E-state index in [1.807, 2.05) is 0 Å². The van der Waals surface area contributed by atoms with E-state index in [2.05, 4.69) is 36.2 Å². The molecule has 1 aliphatic rings. The number of aromatic nitrogens is 2. The van der Waals surface area contributed by atoms with Crippen LogP contribution in [0, 0.1) is 0 Å². The van der Waals surface area contributed by atoms with Crippen LogP contribution in [0.1, 0.15) is 12.8 Å². The first kappa shape index (κ1) is 11.6. The first-order valence-corrected chi connectivity index (χ1v) is 5.92. The summed E-state index contributed by atoms with van der Waals surface area (Å²) in [5.41, 5.74) is 2.42. The number of halogens is 1. The third kappa shape index (κ3) is 2.42. The number of aliphatic hydroxyl groups excluding tert-OH is 1. The van der Waals surface area contributed by atoms with Crippen molar-refractivity contribution in [1.29, 1.82) is 0 Å². The van der Waals surface area contributed by atoms with Crippen LogP contribution in [0.4, 0.5) is 11.8 Å². The highest BCUT2D eigenvalue weighted by Crippen LogP contribution is 2.26. The number of hydrazine groups is 1. The van der Waals surface area contributed by atoms with E-state index in [9.17, 15) is 5.11 Å². The Hall–Kier alpha value is -0.920. The predicted octanol–water partition coefficient (Wildman–Crippen LogP) is 0.486. The van der Waals surface area contributed by atoms with E-state index in [-0.39, 0.29) is 6.10 Å². The average Bonchev–Trinajstić information content (AvgIpc) is 2.31. The highest BCUT2D eigenvalue weighted by Gasteiger charge is 2.20. The topological polar surface area (TPSA) is 87.3 Å². The lowest BCUT2D eigenvalue weighted by molar-refractivity contribution is 0.145. The first-order chi connectivity index (χ1) is 7.70. The number of nitrogens with two attached hydrogens (primary N) is 1. The van der Waals surface area contributed by atoms with E-state index >= 15 is 0 Å². The molecule has 88 valence electrons. The van der Waals surface area contributed by atoms with E-state index in [1.54, 1.807) is 6.20 Å². The molecule has 0 saturated carbocycles. The summed E-state index contributed by atoms with van der Waals surface area (Å²) in [7, 11) is 0. The fraction of sp³-hybridized carbons (Fsp3) is 0.556. The van der Waals surface area contributed by atoms with Gasteiger partial charge in [0.15, 0.2) is 0 Å². The number of piperidine rings is 1. The Morgan fingerprint density at radius 2 is 2.19 bits per heavy atom. The van der Waals surface area contributed by atoms with Crippen LogP contribution in [0.3, 0.4) is 0 Å². The second-order valence-corrected chi connectivity index (χ2v) is 4.58. The second kappa shape index (κ2) is 4.94. The summed E-state index contributed by atoms with van der Waals surface area (Å²) in [4.78, 5) is 10.4. The van der Waals surface area contributed by atoms with Crippen LogP contribution in [0.25, 0.3) is 0 Å². The maximum absolute atomic E-state index is 9.44. The largest absolute Gasteiger partial charge is 0.393 e. The average molecular weight is 288 g/mol. The highest BCUT2D eigenvalue weighted by molar-refractivity contribution is 9.10. The lowest BCUT2D eigenvalue weighted by Gasteiger charge is -2.31.